The zero-order valence-electron chi connectivity index (χ0n) is 12.9. The monoisotopic (exact) mass is 272 g/mol. The molecule has 1 heterocycles. The molecule has 0 amide bonds. The zero-order chi connectivity index (χ0) is 14.6. The molecule has 1 N–H and O–H groups in total. The lowest BCUT2D eigenvalue weighted by Gasteiger charge is -2.21. The van der Waals surface area contributed by atoms with E-state index >= 15 is 0 Å². The molecule has 1 aromatic carbocycles. The minimum absolute atomic E-state index is 0.145. The van der Waals surface area contributed by atoms with E-state index in [4.69, 9.17) is 9.72 Å². The summed E-state index contributed by atoms with van der Waals surface area (Å²) in [6.45, 7) is 9.86. The van der Waals surface area contributed by atoms with Crippen LogP contribution in [0.5, 0.6) is 0 Å². The number of fused-ring (bicyclic) bond motifs is 1. The second-order valence-electron chi connectivity index (χ2n) is 6.02. The van der Waals surface area contributed by atoms with Crippen LogP contribution in [0, 0.1) is 0 Å². The number of para-hydroxylation sites is 1. The number of anilines is 1. The Morgan fingerprint density at radius 3 is 2.65 bits per heavy atom. The van der Waals surface area contributed by atoms with E-state index in [9.17, 15) is 0 Å². The Hall–Kier alpha value is -1.61. The van der Waals surface area contributed by atoms with Crippen molar-refractivity contribution in [3.8, 4) is 0 Å². The van der Waals surface area contributed by atoms with E-state index in [1.165, 1.54) is 0 Å². The van der Waals surface area contributed by atoms with Crippen LogP contribution in [0.1, 0.15) is 39.7 Å². The van der Waals surface area contributed by atoms with Gasteiger partial charge in [0.1, 0.15) is 5.82 Å². The molecule has 0 aliphatic rings. The Kier molecular flexibility index (Phi) is 4.61. The maximum Gasteiger partial charge on any atom is 0.132 e. The molecule has 0 aliphatic heterocycles. The van der Waals surface area contributed by atoms with Crippen LogP contribution in [-0.2, 0) is 11.3 Å². The summed E-state index contributed by atoms with van der Waals surface area (Å²) < 4.78 is 5.90. The van der Waals surface area contributed by atoms with Crippen molar-refractivity contribution in [2.24, 2.45) is 0 Å². The number of hydrogen-bond acceptors (Lipinski definition) is 3. The molecule has 20 heavy (non-hydrogen) atoms. The first-order valence-corrected chi connectivity index (χ1v) is 7.26. The Bertz CT molecular complexity index is 573. The van der Waals surface area contributed by atoms with Crippen LogP contribution in [-0.4, -0.2) is 17.1 Å². The van der Waals surface area contributed by atoms with E-state index < -0.39 is 0 Å². The molecule has 2 rings (SSSR count). The number of nitrogens with zero attached hydrogens (tertiary/aromatic N) is 1. The van der Waals surface area contributed by atoms with Gasteiger partial charge in [-0.05, 0) is 39.3 Å². The molecule has 0 radical (unpaired) electrons. The van der Waals surface area contributed by atoms with Gasteiger partial charge in [-0.1, -0.05) is 25.1 Å². The molecule has 0 saturated heterocycles. The van der Waals surface area contributed by atoms with Crippen LogP contribution < -0.4 is 5.32 Å². The first-order valence-electron chi connectivity index (χ1n) is 7.26. The molecule has 0 spiro atoms. The summed E-state index contributed by atoms with van der Waals surface area (Å²) in [5, 5.41) is 4.55. The van der Waals surface area contributed by atoms with Crippen molar-refractivity contribution in [1.82, 2.24) is 4.98 Å². The van der Waals surface area contributed by atoms with Crippen LogP contribution in [0.2, 0.25) is 0 Å². The highest BCUT2D eigenvalue weighted by Crippen LogP contribution is 2.23. The molecule has 0 unspecified atom stereocenters. The third kappa shape index (κ3) is 3.94. The lowest BCUT2D eigenvalue weighted by atomic mass is 10.1. The predicted molar refractivity (Wildman–Crippen MR) is 85.1 cm³/mol. The number of hydrogen-bond donors (Lipinski definition) is 1. The summed E-state index contributed by atoms with van der Waals surface area (Å²) in [6, 6.07) is 10.4. The van der Waals surface area contributed by atoms with Crippen molar-refractivity contribution in [1.29, 1.82) is 0 Å². The maximum absolute atomic E-state index is 5.90. The fourth-order valence-corrected chi connectivity index (χ4v) is 1.96. The number of pyridine rings is 1. The summed E-state index contributed by atoms with van der Waals surface area (Å²) in [6.07, 6.45) is 1.08. The van der Waals surface area contributed by atoms with Crippen molar-refractivity contribution in [3.05, 3.63) is 35.9 Å². The van der Waals surface area contributed by atoms with Crippen molar-refractivity contribution < 1.29 is 4.74 Å². The summed E-state index contributed by atoms with van der Waals surface area (Å²) in [5.74, 6) is 0.940. The number of aromatic nitrogens is 1. The van der Waals surface area contributed by atoms with Gasteiger partial charge in [0.2, 0.25) is 0 Å². The molecule has 0 bridgehead atoms. The summed E-state index contributed by atoms with van der Waals surface area (Å²) in [4.78, 5) is 4.72. The molecule has 0 aliphatic carbocycles. The summed E-state index contributed by atoms with van der Waals surface area (Å²) in [7, 11) is 0. The number of benzene rings is 1. The van der Waals surface area contributed by atoms with E-state index in [0.29, 0.717) is 6.61 Å². The predicted octanol–water partition coefficient (Wildman–Crippen LogP) is 4.37. The fourth-order valence-electron chi connectivity index (χ4n) is 1.96. The average molecular weight is 272 g/mol. The van der Waals surface area contributed by atoms with Crippen LogP contribution in [0.25, 0.3) is 10.9 Å². The largest absolute Gasteiger partial charge is 0.371 e. The molecule has 108 valence electrons. The molecule has 3 nitrogen and oxygen atoms in total. The van der Waals surface area contributed by atoms with Crippen LogP contribution in [0.4, 0.5) is 5.82 Å². The lowest BCUT2D eigenvalue weighted by molar-refractivity contribution is -0.0147. The third-order valence-electron chi connectivity index (χ3n) is 3.01. The lowest BCUT2D eigenvalue weighted by Crippen LogP contribution is -2.19. The van der Waals surface area contributed by atoms with Gasteiger partial charge < -0.3 is 10.1 Å². The van der Waals surface area contributed by atoms with Crippen molar-refractivity contribution in [3.63, 3.8) is 0 Å². The van der Waals surface area contributed by atoms with Gasteiger partial charge in [0.05, 0.1) is 17.7 Å². The molecule has 2 aromatic rings. The van der Waals surface area contributed by atoms with Crippen molar-refractivity contribution in [2.45, 2.75) is 46.3 Å². The topological polar surface area (TPSA) is 34.2 Å². The zero-order valence-corrected chi connectivity index (χ0v) is 12.9. The Balaban J connectivity index is 2.32. The van der Waals surface area contributed by atoms with E-state index in [2.05, 4.69) is 45.1 Å². The van der Waals surface area contributed by atoms with Gasteiger partial charge >= 0.3 is 0 Å². The highest BCUT2D eigenvalue weighted by Gasteiger charge is 2.13. The minimum atomic E-state index is -0.145. The highest BCUT2D eigenvalue weighted by atomic mass is 16.5. The minimum Gasteiger partial charge on any atom is -0.371 e. The molecule has 0 fully saturated rings. The number of nitrogens with one attached hydrogen (secondary N) is 1. The first kappa shape index (κ1) is 14.8. The van der Waals surface area contributed by atoms with E-state index in [0.717, 1.165) is 35.2 Å². The van der Waals surface area contributed by atoms with Crippen LogP contribution in [0.3, 0.4) is 0 Å². The van der Waals surface area contributed by atoms with Gasteiger partial charge in [0.15, 0.2) is 0 Å². The summed E-state index contributed by atoms with van der Waals surface area (Å²) in [5.41, 5.74) is 1.99. The van der Waals surface area contributed by atoms with Gasteiger partial charge in [-0.25, -0.2) is 4.98 Å². The molecule has 0 saturated carbocycles. The highest BCUT2D eigenvalue weighted by molar-refractivity contribution is 5.81. The Morgan fingerprint density at radius 2 is 1.95 bits per heavy atom. The van der Waals surface area contributed by atoms with Crippen molar-refractivity contribution >= 4 is 16.7 Å². The second kappa shape index (κ2) is 6.23. The second-order valence-corrected chi connectivity index (χ2v) is 6.02. The average Bonchev–Trinajstić information content (AvgIpc) is 2.41. The van der Waals surface area contributed by atoms with Gasteiger partial charge in [0.25, 0.3) is 0 Å². The normalized spacial score (nSPS) is 11.8. The fraction of sp³-hybridized carbons (Fsp3) is 0.471. The molecule has 3 heteroatoms. The van der Waals surface area contributed by atoms with Crippen molar-refractivity contribution in [2.75, 3.05) is 11.9 Å². The van der Waals surface area contributed by atoms with E-state index in [1.807, 2.05) is 18.2 Å². The number of rotatable bonds is 5. The third-order valence-corrected chi connectivity index (χ3v) is 3.01. The Labute approximate surface area is 121 Å². The van der Waals surface area contributed by atoms with E-state index in [1.54, 1.807) is 0 Å². The molecular formula is C17H24N2O. The van der Waals surface area contributed by atoms with Crippen LogP contribution >= 0.6 is 0 Å². The number of ether oxygens (including phenoxy) is 1. The summed E-state index contributed by atoms with van der Waals surface area (Å²) >= 11 is 0. The Morgan fingerprint density at radius 1 is 1.20 bits per heavy atom. The van der Waals surface area contributed by atoms with Gasteiger partial charge in [-0.3, -0.25) is 0 Å². The van der Waals surface area contributed by atoms with Gasteiger partial charge in [0, 0.05) is 17.5 Å². The smallest absolute Gasteiger partial charge is 0.132 e. The quantitative estimate of drug-likeness (QED) is 0.877. The molecule has 1 aromatic heterocycles. The standard InChI is InChI=1S/C17H24N2O/c1-5-10-18-16-14(12-20-17(2,3)4)11-13-8-6-7-9-15(13)19-16/h6-9,11H,5,10,12H2,1-4H3,(H,18,19). The van der Waals surface area contributed by atoms with Gasteiger partial charge in [-0.15, -0.1) is 0 Å². The molecule has 0 atom stereocenters. The maximum atomic E-state index is 5.90. The molecular weight excluding hydrogens is 248 g/mol. The first-order chi connectivity index (χ1) is 9.49. The SMILES string of the molecule is CCCNc1nc2ccccc2cc1COC(C)(C)C. The van der Waals surface area contributed by atoms with E-state index in [-0.39, 0.29) is 5.60 Å². The van der Waals surface area contributed by atoms with Gasteiger partial charge in [-0.2, -0.15) is 0 Å². The van der Waals surface area contributed by atoms with Crippen LogP contribution in [0.15, 0.2) is 30.3 Å².